The number of benzene rings is 1. The van der Waals surface area contributed by atoms with E-state index in [1.54, 1.807) is 12.1 Å². The summed E-state index contributed by atoms with van der Waals surface area (Å²) < 4.78 is 18.3. The molecule has 0 saturated carbocycles. The first-order valence-corrected chi connectivity index (χ1v) is 6.74. The molecule has 1 aliphatic heterocycles. The van der Waals surface area contributed by atoms with Crippen molar-refractivity contribution in [2.24, 2.45) is 5.73 Å². The Bertz CT molecular complexity index is 433. The van der Waals surface area contributed by atoms with E-state index in [-0.39, 0.29) is 12.4 Å². The molecule has 5 nitrogen and oxygen atoms in total. The summed E-state index contributed by atoms with van der Waals surface area (Å²) in [4.78, 5) is 15.3. The van der Waals surface area contributed by atoms with Gasteiger partial charge in [-0.15, -0.1) is 0 Å². The largest absolute Gasteiger partial charge is 0.379 e. The smallest absolute Gasteiger partial charge is 0.236 e. The number of anilines is 1. The fourth-order valence-corrected chi connectivity index (χ4v) is 2.23. The Morgan fingerprint density at radius 2 is 1.95 bits per heavy atom. The molecule has 2 N–H and O–H groups in total. The predicted octanol–water partition coefficient (Wildman–Crippen LogP) is 0.450. The number of carbonyl (C=O) groups excluding carboxylic acids is 1. The van der Waals surface area contributed by atoms with Crippen LogP contribution in [0.1, 0.15) is 0 Å². The molecule has 110 valence electrons. The molecule has 0 spiro atoms. The zero-order chi connectivity index (χ0) is 14.4. The summed E-state index contributed by atoms with van der Waals surface area (Å²) in [6, 6.07) is 6.10. The molecular formula is C14H20FN3O2. The summed E-state index contributed by atoms with van der Waals surface area (Å²) >= 11 is 0. The Kier molecular flexibility index (Phi) is 5.31. The molecule has 1 saturated heterocycles. The van der Waals surface area contributed by atoms with Crippen LogP contribution in [0.15, 0.2) is 24.3 Å². The van der Waals surface area contributed by atoms with Crippen LogP contribution in [-0.4, -0.2) is 56.7 Å². The molecule has 1 aromatic rings. The normalized spacial score (nSPS) is 16.1. The summed E-state index contributed by atoms with van der Waals surface area (Å²) in [5.41, 5.74) is 6.09. The summed E-state index contributed by atoms with van der Waals surface area (Å²) in [5, 5.41) is 0. The van der Waals surface area contributed by atoms with Gasteiger partial charge in [0, 0.05) is 31.9 Å². The summed E-state index contributed by atoms with van der Waals surface area (Å²) in [6.07, 6.45) is 0. The van der Waals surface area contributed by atoms with Gasteiger partial charge in [0.15, 0.2) is 0 Å². The van der Waals surface area contributed by atoms with Crippen LogP contribution >= 0.6 is 0 Å². The van der Waals surface area contributed by atoms with E-state index in [1.807, 2.05) is 4.90 Å². The Morgan fingerprint density at radius 3 is 2.55 bits per heavy atom. The summed E-state index contributed by atoms with van der Waals surface area (Å²) in [7, 11) is 0. The second kappa shape index (κ2) is 7.21. The van der Waals surface area contributed by atoms with Crippen LogP contribution in [0.25, 0.3) is 0 Å². The minimum atomic E-state index is -0.392. The first kappa shape index (κ1) is 14.7. The summed E-state index contributed by atoms with van der Waals surface area (Å²) in [5.74, 6) is -0.683. The number of carbonyl (C=O) groups is 1. The second-order valence-electron chi connectivity index (χ2n) is 4.82. The molecule has 1 aliphatic rings. The standard InChI is InChI=1S/C14H20FN3O2/c15-12-1-3-13(4-2-12)18(11-14(16)19)6-5-17-7-9-20-10-8-17/h1-4H,5-11H2,(H2,16,19). The Balaban J connectivity index is 1.95. The van der Waals surface area contributed by atoms with Crippen LogP contribution < -0.4 is 10.6 Å². The van der Waals surface area contributed by atoms with Crippen LogP contribution in [0.3, 0.4) is 0 Å². The van der Waals surface area contributed by atoms with Gasteiger partial charge in [0.25, 0.3) is 0 Å². The van der Waals surface area contributed by atoms with Crippen molar-refractivity contribution in [3.8, 4) is 0 Å². The molecule has 1 aromatic carbocycles. The fraction of sp³-hybridized carbons (Fsp3) is 0.500. The SMILES string of the molecule is NC(=O)CN(CCN1CCOCC1)c1ccc(F)cc1. The van der Waals surface area contributed by atoms with Crippen molar-refractivity contribution < 1.29 is 13.9 Å². The Hall–Kier alpha value is -1.66. The highest BCUT2D eigenvalue weighted by Gasteiger charge is 2.14. The van der Waals surface area contributed by atoms with Gasteiger partial charge < -0.3 is 15.4 Å². The van der Waals surface area contributed by atoms with Crippen molar-refractivity contribution in [3.63, 3.8) is 0 Å². The monoisotopic (exact) mass is 281 g/mol. The third kappa shape index (κ3) is 4.47. The van der Waals surface area contributed by atoms with Gasteiger partial charge in [0.05, 0.1) is 19.8 Å². The Morgan fingerprint density at radius 1 is 1.30 bits per heavy atom. The fourth-order valence-electron chi connectivity index (χ4n) is 2.23. The minimum Gasteiger partial charge on any atom is -0.379 e. The topological polar surface area (TPSA) is 58.8 Å². The average molecular weight is 281 g/mol. The average Bonchev–Trinajstić information content (AvgIpc) is 2.45. The number of morpholine rings is 1. The zero-order valence-electron chi connectivity index (χ0n) is 11.4. The molecule has 1 fully saturated rings. The van der Waals surface area contributed by atoms with Crippen LogP contribution in [0, 0.1) is 5.82 Å². The van der Waals surface area contributed by atoms with Crippen molar-refractivity contribution in [2.75, 3.05) is 50.8 Å². The lowest BCUT2D eigenvalue weighted by molar-refractivity contribution is -0.116. The number of amides is 1. The number of nitrogens with zero attached hydrogens (tertiary/aromatic N) is 2. The van der Waals surface area contributed by atoms with Gasteiger partial charge in [-0.3, -0.25) is 9.69 Å². The highest BCUT2D eigenvalue weighted by Crippen LogP contribution is 2.14. The van der Waals surface area contributed by atoms with Crippen molar-refractivity contribution in [2.45, 2.75) is 0 Å². The molecule has 0 bridgehead atoms. The van der Waals surface area contributed by atoms with E-state index in [0.717, 1.165) is 38.5 Å². The van der Waals surface area contributed by atoms with Crippen molar-refractivity contribution in [1.82, 2.24) is 4.90 Å². The van der Waals surface area contributed by atoms with E-state index in [4.69, 9.17) is 10.5 Å². The molecule has 0 aliphatic carbocycles. The van der Waals surface area contributed by atoms with Crippen LogP contribution in [0.2, 0.25) is 0 Å². The lowest BCUT2D eigenvalue weighted by atomic mass is 10.2. The molecule has 6 heteroatoms. The third-order valence-electron chi connectivity index (χ3n) is 3.33. The van der Waals surface area contributed by atoms with Crippen LogP contribution in [0.5, 0.6) is 0 Å². The van der Waals surface area contributed by atoms with Gasteiger partial charge >= 0.3 is 0 Å². The molecule has 0 unspecified atom stereocenters. The number of primary amides is 1. The maximum Gasteiger partial charge on any atom is 0.236 e. The van der Waals surface area contributed by atoms with E-state index in [1.165, 1.54) is 12.1 Å². The quantitative estimate of drug-likeness (QED) is 0.822. The maximum atomic E-state index is 13.0. The molecular weight excluding hydrogens is 261 g/mol. The summed E-state index contributed by atoms with van der Waals surface area (Å²) in [6.45, 7) is 4.92. The van der Waals surface area contributed by atoms with E-state index < -0.39 is 5.91 Å². The predicted molar refractivity (Wildman–Crippen MR) is 75.1 cm³/mol. The minimum absolute atomic E-state index is 0.135. The number of nitrogens with two attached hydrogens (primary N) is 1. The van der Waals surface area contributed by atoms with Gasteiger partial charge in [0.1, 0.15) is 5.82 Å². The lowest BCUT2D eigenvalue weighted by Crippen LogP contribution is -2.43. The first-order chi connectivity index (χ1) is 9.65. The van der Waals surface area contributed by atoms with Gasteiger partial charge in [0.2, 0.25) is 5.91 Å². The number of hydrogen-bond donors (Lipinski definition) is 1. The molecule has 1 heterocycles. The molecule has 0 aromatic heterocycles. The zero-order valence-corrected chi connectivity index (χ0v) is 11.4. The lowest BCUT2D eigenvalue weighted by Gasteiger charge is -2.30. The third-order valence-corrected chi connectivity index (χ3v) is 3.33. The first-order valence-electron chi connectivity index (χ1n) is 6.74. The molecule has 20 heavy (non-hydrogen) atoms. The highest BCUT2D eigenvalue weighted by atomic mass is 19.1. The van der Waals surface area contributed by atoms with Crippen molar-refractivity contribution in [1.29, 1.82) is 0 Å². The van der Waals surface area contributed by atoms with Gasteiger partial charge in [-0.2, -0.15) is 0 Å². The van der Waals surface area contributed by atoms with Gasteiger partial charge in [-0.05, 0) is 24.3 Å². The molecule has 1 amide bonds. The van der Waals surface area contributed by atoms with Crippen LogP contribution in [-0.2, 0) is 9.53 Å². The number of rotatable bonds is 6. The Labute approximate surface area is 118 Å². The molecule has 0 radical (unpaired) electrons. The van der Waals surface area contributed by atoms with Gasteiger partial charge in [-0.1, -0.05) is 0 Å². The van der Waals surface area contributed by atoms with E-state index in [0.29, 0.717) is 6.54 Å². The van der Waals surface area contributed by atoms with E-state index >= 15 is 0 Å². The van der Waals surface area contributed by atoms with Crippen molar-refractivity contribution >= 4 is 11.6 Å². The van der Waals surface area contributed by atoms with E-state index in [2.05, 4.69) is 4.90 Å². The van der Waals surface area contributed by atoms with Crippen molar-refractivity contribution in [3.05, 3.63) is 30.1 Å². The number of halogens is 1. The number of hydrogen-bond acceptors (Lipinski definition) is 4. The molecule has 0 atom stereocenters. The van der Waals surface area contributed by atoms with E-state index in [9.17, 15) is 9.18 Å². The number of ether oxygens (including phenoxy) is 1. The van der Waals surface area contributed by atoms with Gasteiger partial charge in [-0.25, -0.2) is 4.39 Å². The maximum absolute atomic E-state index is 13.0. The second-order valence-corrected chi connectivity index (χ2v) is 4.82. The molecule has 2 rings (SSSR count). The van der Waals surface area contributed by atoms with Crippen LogP contribution in [0.4, 0.5) is 10.1 Å². The highest BCUT2D eigenvalue weighted by molar-refractivity contribution is 5.79.